The lowest BCUT2D eigenvalue weighted by Crippen LogP contribution is -2.37. The fourth-order valence-corrected chi connectivity index (χ4v) is 2.76. The van der Waals surface area contributed by atoms with Crippen molar-refractivity contribution in [1.29, 1.82) is 0 Å². The largest absolute Gasteiger partial charge is 0.480 e. The van der Waals surface area contributed by atoms with E-state index in [1.165, 1.54) is 16.0 Å². The Hall–Kier alpha value is -1.00. The fraction of sp³-hybridized carbons (Fsp3) is 0.533. The number of thioether (sulfide) groups is 1. The summed E-state index contributed by atoms with van der Waals surface area (Å²) in [7, 11) is 0. The summed E-state index contributed by atoms with van der Waals surface area (Å²) in [5.74, 6) is 0.151. The normalized spacial score (nSPS) is 11.3. The van der Waals surface area contributed by atoms with Gasteiger partial charge in [0.25, 0.3) is 0 Å². The summed E-state index contributed by atoms with van der Waals surface area (Å²) < 4.78 is 0. The molecular weight excluding hydrogens is 258 g/mol. The van der Waals surface area contributed by atoms with Gasteiger partial charge in [0, 0.05) is 23.2 Å². The lowest BCUT2D eigenvalue weighted by Gasteiger charge is -2.24. The van der Waals surface area contributed by atoms with Crippen molar-refractivity contribution in [3.05, 3.63) is 29.3 Å². The van der Waals surface area contributed by atoms with E-state index in [2.05, 4.69) is 32.0 Å². The van der Waals surface area contributed by atoms with E-state index >= 15 is 0 Å². The molecule has 1 rings (SSSR count). The Bertz CT molecular complexity index is 432. The van der Waals surface area contributed by atoms with Gasteiger partial charge in [0.05, 0.1) is 6.54 Å². The summed E-state index contributed by atoms with van der Waals surface area (Å²) in [6.07, 6.45) is 0. The first-order valence-electron chi connectivity index (χ1n) is 6.56. The van der Waals surface area contributed by atoms with Crippen LogP contribution in [0.1, 0.15) is 25.0 Å². The topological polar surface area (TPSA) is 40.5 Å². The average Bonchev–Trinajstić information content (AvgIpc) is 2.31. The second-order valence-electron chi connectivity index (χ2n) is 5.05. The van der Waals surface area contributed by atoms with Crippen molar-refractivity contribution in [2.24, 2.45) is 0 Å². The van der Waals surface area contributed by atoms with Crippen molar-refractivity contribution in [1.82, 2.24) is 4.90 Å². The van der Waals surface area contributed by atoms with Crippen LogP contribution in [0.2, 0.25) is 0 Å². The van der Waals surface area contributed by atoms with Gasteiger partial charge in [-0.25, -0.2) is 0 Å². The van der Waals surface area contributed by atoms with E-state index in [9.17, 15) is 4.79 Å². The molecule has 3 nitrogen and oxygen atoms in total. The van der Waals surface area contributed by atoms with Crippen molar-refractivity contribution in [2.75, 3.05) is 18.8 Å². The summed E-state index contributed by atoms with van der Waals surface area (Å²) >= 11 is 1.78. The van der Waals surface area contributed by atoms with E-state index in [-0.39, 0.29) is 12.6 Å². The van der Waals surface area contributed by atoms with Gasteiger partial charge < -0.3 is 5.11 Å². The third-order valence-corrected chi connectivity index (χ3v) is 4.17. The predicted octanol–water partition coefficient (Wildman–Crippen LogP) is 3.19. The second kappa shape index (κ2) is 7.56. The number of hydrogen-bond donors (Lipinski definition) is 1. The SMILES string of the molecule is Cc1ccc(SCCN(CC(=O)O)C(C)C)cc1C. The quantitative estimate of drug-likeness (QED) is 0.779. The molecule has 1 aromatic rings. The summed E-state index contributed by atoms with van der Waals surface area (Å²) in [6.45, 7) is 9.20. The van der Waals surface area contributed by atoms with Crippen LogP contribution in [-0.4, -0.2) is 40.9 Å². The highest BCUT2D eigenvalue weighted by Gasteiger charge is 2.12. The molecule has 0 unspecified atom stereocenters. The van der Waals surface area contributed by atoms with Gasteiger partial charge in [0.1, 0.15) is 0 Å². The molecule has 0 radical (unpaired) electrons. The van der Waals surface area contributed by atoms with Gasteiger partial charge in [-0.15, -0.1) is 11.8 Å². The van der Waals surface area contributed by atoms with Crippen LogP contribution in [0.3, 0.4) is 0 Å². The Kier molecular flexibility index (Phi) is 6.38. The molecule has 0 saturated carbocycles. The highest BCUT2D eigenvalue weighted by molar-refractivity contribution is 7.99. The molecule has 1 N–H and O–H groups in total. The Morgan fingerprint density at radius 3 is 2.53 bits per heavy atom. The van der Waals surface area contributed by atoms with Gasteiger partial charge in [0.15, 0.2) is 0 Å². The maximum atomic E-state index is 10.8. The molecule has 0 aliphatic carbocycles. The Labute approximate surface area is 120 Å². The van der Waals surface area contributed by atoms with Crippen LogP contribution in [0.4, 0.5) is 0 Å². The van der Waals surface area contributed by atoms with Crippen molar-refractivity contribution in [3.63, 3.8) is 0 Å². The standard InChI is InChI=1S/C15H23NO2S/c1-11(2)16(10-15(17)18)7-8-19-14-6-5-12(3)13(4)9-14/h5-6,9,11H,7-8,10H2,1-4H3,(H,17,18). The second-order valence-corrected chi connectivity index (χ2v) is 6.22. The van der Waals surface area contributed by atoms with E-state index < -0.39 is 5.97 Å². The van der Waals surface area contributed by atoms with Crippen LogP contribution in [0.5, 0.6) is 0 Å². The number of rotatable bonds is 7. The molecular formula is C15H23NO2S. The van der Waals surface area contributed by atoms with E-state index in [1.54, 1.807) is 11.8 Å². The minimum absolute atomic E-state index is 0.116. The minimum atomic E-state index is -0.759. The zero-order chi connectivity index (χ0) is 14.4. The number of carboxylic acids is 1. The maximum Gasteiger partial charge on any atom is 0.317 e. The number of hydrogen-bond acceptors (Lipinski definition) is 3. The van der Waals surface area contributed by atoms with Gasteiger partial charge in [-0.3, -0.25) is 9.69 Å². The molecule has 0 spiro atoms. The van der Waals surface area contributed by atoms with Gasteiger partial charge in [-0.1, -0.05) is 6.07 Å². The molecule has 0 amide bonds. The molecule has 0 heterocycles. The molecule has 1 aromatic carbocycles. The van der Waals surface area contributed by atoms with Crippen LogP contribution >= 0.6 is 11.8 Å². The number of aliphatic carboxylic acids is 1. The average molecular weight is 281 g/mol. The van der Waals surface area contributed by atoms with Crippen LogP contribution in [0.15, 0.2) is 23.1 Å². The third kappa shape index (κ3) is 5.66. The number of carbonyl (C=O) groups is 1. The number of nitrogens with zero attached hydrogens (tertiary/aromatic N) is 1. The summed E-state index contributed by atoms with van der Waals surface area (Å²) in [6, 6.07) is 6.71. The first-order valence-corrected chi connectivity index (χ1v) is 7.54. The van der Waals surface area contributed by atoms with Crippen LogP contribution in [0.25, 0.3) is 0 Å². The fourth-order valence-electron chi connectivity index (χ4n) is 1.78. The maximum absolute atomic E-state index is 10.8. The highest BCUT2D eigenvalue weighted by Crippen LogP contribution is 2.21. The molecule has 0 atom stereocenters. The van der Waals surface area contributed by atoms with Crippen LogP contribution < -0.4 is 0 Å². The monoisotopic (exact) mass is 281 g/mol. The molecule has 4 heteroatoms. The molecule has 106 valence electrons. The predicted molar refractivity (Wildman–Crippen MR) is 81.0 cm³/mol. The highest BCUT2D eigenvalue weighted by atomic mass is 32.2. The molecule has 0 fully saturated rings. The van der Waals surface area contributed by atoms with Gasteiger partial charge in [0.2, 0.25) is 0 Å². The van der Waals surface area contributed by atoms with Crippen molar-refractivity contribution >= 4 is 17.7 Å². The summed E-state index contributed by atoms with van der Waals surface area (Å²) in [5, 5.41) is 8.87. The van der Waals surface area contributed by atoms with Gasteiger partial charge >= 0.3 is 5.97 Å². The molecule has 0 saturated heterocycles. The molecule has 0 aromatic heterocycles. The molecule has 0 aliphatic heterocycles. The van der Waals surface area contributed by atoms with E-state index in [1.807, 2.05) is 18.7 Å². The minimum Gasteiger partial charge on any atom is -0.480 e. The van der Waals surface area contributed by atoms with Crippen LogP contribution in [0, 0.1) is 13.8 Å². The van der Waals surface area contributed by atoms with E-state index in [0.29, 0.717) is 0 Å². The number of carboxylic acid groups (broad SMARTS) is 1. The first-order chi connectivity index (χ1) is 8.90. The molecule has 0 aliphatic rings. The van der Waals surface area contributed by atoms with Crippen LogP contribution in [-0.2, 0) is 4.79 Å². The molecule has 0 bridgehead atoms. The number of aryl methyl sites for hydroxylation is 2. The van der Waals surface area contributed by atoms with Crippen molar-refractivity contribution < 1.29 is 9.90 Å². The van der Waals surface area contributed by atoms with Crippen molar-refractivity contribution in [2.45, 2.75) is 38.6 Å². The Morgan fingerprint density at radius 2 is 2.00 bits per heavy atom. The zero-order valence-corrected chi connectivity index (χ0v) is 13.0. The van der Waals surface area contributed by atoms with E-state index in [4.69, 9.17) is 5.11 Å². The lowest BCUT2D eigenvalue weighted by atomic mass is 10.1. The Balaban J connectivity index is 2.47. The zero-order valence-electron chi connectivity index (χ0n) is 12.1. The summed E-state index contributed by atoms with van der Waals surface area (Å²) in [4.78, 5) is 14.0. The smallest absolute Gasteiger partial charge is 0.317 e. The summed E-state index contributed by atoms with van der Waals surface area (Å²) in [5.41, 5.74) is 2.61. The number of benzene rings is 1. The van der Waals surface area contributed by atoms with Gasteiger partial charge in [-0.05, 0) is 51.0 Å². The molecule has 19 heavy (non-hydrogen) atoms. The first kappa shape index (κ1) is 16.1. The Morgan fingerprint density at radius 1 is 1.32 bits per heavy atom. The lowest BCUT2D eigenvalue weighted by molar-refractivity contribution is -0.138. The van der Waals surface area contributed by atoms with E-state index in [0.717, 1.165) is 12.3 Å². The third-order valence-electron chi connectivity index (χ3n) is 3.19. The van der Waals surface area contributed by atoms with Crippen molar-refractivity contribution in [3.8, 4) is 0 Å². The van der Waals surface area contributed by atoms with Gasteiger partial charge in [-0.2, -0.15) is 0 Å².